The first kappa shape index (κ1) is 9.02. The van der Waals surface area contributed by atoms with Crippen molar-refractivity contribution < 1.29 is 4.79 Å². The van der Waals surface area contributed by atoms with Crippen molar-refractivity contribution in [3.8, 4) is 0 Å². The Kier molecular flexibility index (Phi) is 3.35. The van der Waals surface area contributed by atoms with E-state index in [4.69, 9.17) is 0 Å². The van der Waals surface area contributed by atoms with E-state index >= 15 is 0 Å². The van der Waals surface area contributed by atoms with Crippen molar-refractivity contribution in [2.45, 2.75) is 36.8 Å². The summed E-state index contributed by atoms with van der Waals surface area (Å²) in [6.45, 7) is 1.68. The molecule has 0 aliphatic heterocycles. The van der Waals surface area contributed by atoms with E-state index in [9.17, 15) is 4.79 Å². The van der Waals surface area contributed by atoms with Gasteiger partial charge >= 0.3 is 74.0 Å². The zero-order valence-electron chi connectivity index (χ0n) is 7.09. The normalized spacial score (nSPS) is 24.5. The maximum atomic E-state index is 11.0. The molecule has 0 fully saturated rings. The Morgan fingerprint density at radius 3 is 3.00 bits per heavy atom. The maximum absolute atomic E-state index is 11.0. The summed E-state index contributed by atoms with van der Waals surface area (Å²) in [5.74, 6) is 2.52. The van der Waals surface area contributed by atoms with Crippen molar-refractivity contribution in [2.24, 2.45) is 0 Å². The number of allylic oxidation sites excluding steroid dienone is 2. The third-order valence-electron chi connectivity index (χ3n) is 2.08. The minimum absolute atomic E-state index is 0.277. The molecule has 0 heterocycles. The van der Waals surface area contributed by atoms with Crippen LogP contribution in [0.4, 0.5) is 0 Å². The van der Waals surface area contributed by atoms with Crippen molar-refractivity contribution in [1.29, 1.82) is 0 Å². The van der Waals surface area contributed by atoms with E-state index in [1.54, 1.807) is 6.92 Å². The molecule has 0 aromatic carbocycles. The molecule has 0 aromatic heterocycles. The van der Waals surface area contributed by atoms with Gasteiger partial charge in [0.1, 0.15) is 0 Å². The Morgan fingerprint density at radius 2 is 2.45 bits per heavy atom. The Labute approximate surface area is 74.4 Å². The van der Waals surface area contributed by atoms with Gasteiger partial charge in [-0.15, -0.1) is 0 Å². The van der Waals surface area contributed by atoms with Gasteiger partial charge < -0.3 is 0 Å². The van der Waals surface area contributed by atoms with Crippen LogP contribution in [-0.4, -0.2) is 20.7 Å². The minimum atomic E-state index is 0.277. The van der Waals surface area contributed by atoms with Crippen molar-refractivity contribution in [3.63, 3.8) is 0 Å². The molecular weight excluding hydrogens is 203 g/mol. The van der Waals surface area contributed by atoms with Crippen LogP contribution in [0.5, 0.6) is 0 Å². The Bertz CT molecular complexity index is 184. The van der Waals surface area contributed by atoms with Crippen LogP contribution >= 0.6 is 0 Å². The standard InChI is InChI=1S/C9H14OSe/c1-7(10)8-4-3-5-9(6-8)11-2/h6,9H,3-5H2,1-2H3. The van der Waals surface area contributed by atoms with Gasteiger partial charge in [-0.25, -0.2) is 0 Å². The molecule has 1 atom stereocenters. The third kappa shape index (κ3) is 2.46. The predicted molar refractivity (Wildman–Crippen MR) is 48.0 cm³/mol. The molecule has 1 rings (SSSR count). The number of carbonyl (C=O) groups excluding carboxylic acids is 1. The number of rotatable bonds is 2. The summed E-state index contributed by atoms with van der Waals surface area (Å²) in [5, 5.41) is 0. The van der Waals surface area contributed by atoms with Crippen LogP contribution in [0.3, 0.4) is 0 Å². The molecule has 0 bridgehead atoms. The van der Waals surface area contributed by atoms with Crippen molar-refractivity contribution in [3.05, 3.63) is 11.6 Å². The number of Topliss-reactive ketones (excluding diaryl/α,β-unsaturated/α-hetero) is 1. The van der Waals surface area contributed by atoms with Gasteiger partial charge in [0, 0.05) is 0 Å². The fraction of sp³-hybridized carbons (Fsp3) is 0.667. The van der Waals surface area contributed by atoms with E-state index in [0.29, 0.717) is 15.0 Å². The van der Waals surface area contributed by atoms with Gasteiger partial charge in [0.2, 0.25) is 0 Å². The molecule has 0 N–H and O–H groups in total. The Hall–Kier alpha value is -0.0705. The van der Waals surface area contributed by atoms with Crippen LogP contribution in [0.15, 0.2) is 11.6 Å². The molecule has 1 aliphatic rings. The Balaban J connectivity index is 2.64. The molecule has 0 saturated heterocycles. The molecule has 0 amide bonds. The summed E-state index contributed by atoms with van der Waals surface area (Å²) < 4.78 is 0. The molecule has 62 valence electrons. The fourth-order valence-corrected chi connectivity index (χ4v) is 2.84. The molecule has 0 aromatic rings. The summed E-state index contributed by atoms with van der Waals surface area (Å²) in [6.07, 6.45) is 5.73. The van der Waals surface area contributed by atoms with E-state index in [1.165, 1.54) is 12.8 Å². The first-order valence-electron chi connectivity index (χ1n) is 3.98. The van der Waals surface area contributed by atoms with Crippen molar-refractivity contribution >= 4 is 20.7 Å². The van der Waals surface area contributed by atoms with Crippen LogP contribution in [0.25, 0.3) is 0 Å². The van der Waals surface area contributed by atoms with Gasteiger partial charge in [0.05, 0.1) is 0 Å². The number of hydrogen-bond acceptors (Lipinski definition) is 1. The third-order valence-corrected chi connectivity index (χ3v) is 4.13. The molecule has 1 nitrogen and oxygen atoms in total. The zero-order valence-corrected chi connectivity index (χ0v) is 8.81. The van der Waals surface area contributed by atoms with Crippen molar-refractivity contribution in [1.82, 2.24) is 0 Å². The Morgan fingerprint density at radius 1 is 1.73 bits per heavy atom. The van der Waals surface area contributed by atoms with Crippen molar-refractivity contribution in [2.75, 3.05) is 0 Å². The first-order chi connectivity index (χ1) is 5.24. The molecule has 0 saturated carbocycles. The van der Waals surface area contributed by atoms with Gasteiger partial charge in [-0.2, -0.15) is 0 Å². The monoisotopic (exact) mass is 218 g/mol. The predicted octanol–water partition coefficient (Wildman–Crippen LogP) is 2.23. The summed E-state index contributed by atoms with van der Waals surface area (Å²) in [5.41, 5.74) is 1.07. The van der Waals surface area contributed by atoms with Crippen LogP contribution in [0.1, 0.15) is 26.2 Å². The number of carbonyl (C=O) groups is 1. The average molecular weight is 217 g/mol. The zero-order chi connectivity index (χ0) is 8.27. The molecule has 11 heavy (non-hydrogen) atoms. The van der Waals surface area contributed by atoms with Crippen LogP contribution in [0.2, 0.25) is 10.6 Å². The second kappa shape index (κ2) is 4.08. The fourth-order valence-electron chi connectivity index (χ4n) is 1.36. The average Bonchev–Trinajstić information content (AvgIpc) is 2.05. The molecule has 0 spiro atoms. The summed E-state index contributed by atoms with van der Waals surface area (Å²) in [7, 11) is 0. The van der Waals surface area contributed by atoms with Gasteiger partial charge in [-0.1, -0.05) is 0 Å². The van der Waals surface area contributed by atoms with Crippen LogP contribution in [-0.2, 0) is 4.79 Å². The molecular formula is C9H14OSe. The van der Waals surface area contributed by atoms with Gasteiger partial charge in [0.15, 0.2) is 0 Å². The van der Waals surface area contributed by atoms with E-state index in [2.05, 4.69) is 11.9 Å². The number of ketones is 1. The van der Waals surface area contributed by atoms with Gasteiger partial charge in [-0.3, -0.25) is 0 Å². The van der Waals surface area contributed by atoms with E-state index in [1.807, 2.05) is 0 Å². The molecule has 1 aliphatic carbocycles. The topological polar surface area (TPSA) is 17.1 Å². The molecule has 0 radical (unpaired) electrons. The quantitative estimate of drug-likeness (QED) is 0.648. The second-order valence-corrected chi connectivity index (χ2v) is 5.17. The van der Waals surface area contributed by atoms with Crippen LogP contribution < -0.4 is 0 Å². The van der Waals surface area contributed by atoms with E-state index in [-0.39, 0.29) is 5.78 Å². The summed E-state index contributed by atoms with van der Waals surface area (Å²) in [4.78, 5) is 11.7. The van der Waals surface area contributed by atoms with Gasteiger partial charge in [0.25, 0.3) is 0 Å². The second-order valence-electron chi connectivity index (χ2n) is 2.91. The first-order valence-corrected chi connectivity index (χ1v) is 6.68. The molecule has 1 unspecified atom stereocenters. The molecule has 2 heteroatoms. The van der Waals surface area contributed by atoms with Crippen LogP contribution in [0, 0.1) is 0 Å². The SMILES string of the molecule is C[Se]C1C=C(C(C)=O)CCC1. The summed E-state index contributed by atoms with van der Waals surface area (Å²) >= 11 is 0.682. The van der Waals surface area contributed by atoms with E-state index in [0.717, 1.165) is 16.8 Å². The van der Waals surface area contributed by atoms with Gasteiger partial charge in [-0.05, 0) is 0 Å². The number of hydrogen-bond donors (Lipinski definition) is 0. The van der Waals surface area contributed by atoms with E-state index < -0.39 is 0 Å². The summed E-state index contributed by atoms with van der Waals surface area (Å²) in [6, 6.07) is 0.